The number of ether oxygens (including phenoxy) is 4. The summed E-state index contributed by atoms with van der Waals surface area (Å²) in [5.74, 6) is -2.13. The minimum absolute atomic E-state index is 0.106. The summed E-state index contributed by atoms with van der Waals surface area (Å²) < 4.78 is 68.0. The van der Waals surface area contributed by atoms with Crippen LogP contribution in [0.15, 0.2) is 0 Å². The number of phosphoric ester groups is 2. The zero-order chi connectivity index (χ0) is 63.3. The SMILES string of the molecule is CCCCCCCCCCCCCCCCCCCCCC(=O)O[C@H](COC(=O)CCCCCCCCCCCCC)COP(=O)(O)OC[C@@H](O)COP(=O)(O)OC[C@@H](COC(=O)CCCCCCCCC)OC(=O)CCCCCCCCCCC. The number of rotatable bonds is 68. The second-order valence-corrected chi connectivity index (χ2v) is 27.1. The number of aliphatic hydroxyl groups excluding tert-OH is 1. The molecule has 0 fully saturated rings. The molecule has 19 heteroatoms. The number of hydrogen-bond acceptors (Lipinski definition) is 15. The maximum Gasteiger partial charge on any atom is 0.472 e. The van der Waals surface area contributed by atoms with Crippen LogP contribution in [0.2, 0.25) is 0 Å². The van der Waals surface area contributed by atoms with Crippen molar-refractivity contribution in [1.29, 1.82) is 0 Å². The molecule has 0 bridgehead atoms. The molecule has 0 amide bonds. The van der Waals surface area contributed by atoms with E-state index in [1.54, 1.807) is 0 Å². The topological polar surface area (TPSA) is 237 Å². The largest absolute Gasteiger partial charge is 0.472 e. The quantitative estimate of drug-likeness (QED) is 0.0222. The van der Waals surface area contributed by atoms with E-state index in [0.717, 1.165) is 103 Å². The van der Waals surface area contributed by atoms with Crippen LogP contribution >= 0.6 is 15.6 Å². The summed E-state index contributed by atoms with van der Waals surface area (Å²) >= 11 is 0. The molecule has 0 rings (SSSR count). The zero-order valence-corrected chi connectivity index (χ0v) is 57.1. The average molecular weight is 1270 g/mol. The van der Waals surface area contributed by atoms with E-state index in [2.05, 4.69) is 27.7 Å². The van der Waals surface area contributed by atoms with E-state index in [1.807, 2.05) is 0 Å². The minimum atomic E-state index is -4.95. The van der Waals surface area contributed by atoms with Gasteiger partial charge in [-0.15, -0.1) is 0 Å². The highest BCUT2D eigenvalue weighted by Crippen LogP contribution is 2.45. The lowest BCUT2D eigenvalue weighted by molar-refractivity contribution is -0.161. The Kier molecular flexibility index (Phi) is 60.5. The first-order chi connectivity index (χ1) is 41.7. The number of carbonyl (C=O) groups is 4. The monoisotopic (exact) mass is 1270 g/mol. The van der Waals surface area contributed by atoms with Crippen molar-refractivity contribution in [3.05, 3.63) is 0 Å². The van der Waals surface area contributed by atoms with Gasteiger partial charge in [-0.25, -0.2) is 9.13 Å². The van der Waals surface area contributed by atoms with Crippen LogP contribution in [0.1, 0.15) is 349 Å². The molecule has 510 valence electrons. The van der Waals surface area contributed by atoms with E-state index in [9.17, 15) is 43.2 Å². The summed E-state index contributed by atoms with van der Waals surface area (Å²) in [6, 6.07) is 0. The Morgan fingerprint density at radius 2 is 0.465 bits per heavy atom. The summed E-state index contributed by atoms with van der Waals surface area (Å²) in [6.45, 7) is 4.86. The number of aliphatic hydroxyl groups is 1. The van der Waals surface area contributed by atoms with Gasteiger partial charge in [-0.1, -0.05) is 297 Å². The maximum atomic E-state index is 13.0. The lowest BCUT2D eigenvalue weighted by Gasteiger charge is -2.21. The van der Waals surface area contributed by atoms with Gasteiger partial charge in [0, 0.05) is 25.7 Å². The molecule has 2 unspecified atom stereocenters. The zero-order valence-electron chi connectivity index (χ0n) is 55.3. The molecule has 0 aromatic carbocycles. The van der Waals surface area contributed by atoms with Crippen LogP contribution in [-0.2, 0) is 65.4 Å². The fourth-order valence-corrected chi connectivity index (χ4v) is 11.7. The number of hydrogen-bond donors (Lipinski definition) is 3. The maximum absolute atomic E-state index is 13.0. The molecule has 0 aliphatic heterocycles. The number of unbranched alkanes of at least 4 members (excludes halogenated alkanes) is 42. The molecule has 0 spiro atoms. The van der Waals surface area contributed by atoms with Crippen LogP contribution in [-0.4, -0.2) is 96.7 Å². The van der Waals surface area contributed by atoms with Crippen molar-refractivity contribution in [3.63, 3.8) is 0 Å². The van der Waals surface area contributed by atoms with E-state index in [1.165, 1.54) is 167 Å². The molecule has 0 aliphatic carbocycles. The number of phosphoric acid groups is 2. The van der Waals surface area contributed by atoms with Crippen LogP contribution in [0, 0.1) is 0 Å². The first kappa shape index (κ1) is 84.1. The van der Waals surface area contributed by atoms with Crippen LogP contribution in [0.3, 0.4) is 0 Å². The molecule has 0 aromatic rings. The van der Waals surface area contributed by atoms with Gasteiger partial charge in [-0.05, 0) is 25.7 Å². The highest BCUT2D eigenvalue weighted by Gasteiger charge is 2.30. The van der Waals surface area contributed by atoms with Gasteiger partial charge in [-0.3, -0.25) is 37.3 Å². The Labute approximate surface area is 524 Å². The van der Waals surface area contributed by atoms with Crippen LogP contribution in [0.25, 0.3) is 0 Å². The van der Waals surface area contributed by atoms with Crippen LogP contribution < -0.4 is 0 Å². The summed E-state index contributed by atoms with van der Waals surface area (Å²) in [5.41, 5.74) is 0. The normalized spacial score (nSPS) is 14.1. The summed E-state index contributed by atoms with van der Waals surface area (Å²) in [5, 5.41) is 10.5. The molecule has 17 nitrogen and oxygen atoms in total. The predicted molar refractivity (Wildman–Crippen MR) is 345 cm³/mol. The second kappa shape index (κ2) is 61.9. The fraction of sp³-hybridized carbons (Fsp3) is 0.940. The molecule has 5 atom stereocenters. The van der Waals surface area contributed by atoms with Crippen molar-refractivity contribution in [1.82, 2.24) is 0 Å². The Balaban J connectivity index is 5.14. The van der Waals surface area contributed by atoms with Gasteiger partial charge >= 0.3 is 39.5 Å². The molecule has 86 heavy (non-hydrogen) atoms. The third kappa shape index (κ3) is 60.9. The first-order valence-electron chi connectivity index (χ1n) is 35.3. The standard InChI is InChI=1S/C67H130O17P2/c1-5-9-13-17-21-24-26-27-28-29-30-31-32-33-35-38-42-46-50-54-67(72)84-63(58-78-65(70)52-48-44-40-37-34-25-22-18-14-10-6-2)60-82-86(75,76)80-56-61(68)55-79-85(73,74)81-59-62(57-77-64(69)51-47-43-39-20-16-12-8-4)83-66(71)53-49-45-41-36-23-19-15-11-7-3/h61-63,68H,5-60H2,1-4H3,(H,73,74)(H,75,76)/t61-,62+,63+/m0/s1. The van der Waals surface area contributed by atoms with Crippen LogP contribution in [0.4, 0.5) is 0 Å². The average Bonchev–Trinajstić information content (AvgIpc) is 3.65. The molecule has 0 saturated heterocycles. The predicted octanol–water partition coefficient (Wildman–Crippen LogP) is 19.1. The van der Waals surface area contributed by atoms with Crippen molar-refractivity contribution in [3.8, 4) is 0 Å². The van der Waals surface area contributed by atoms with Gasteiger partial charge in [0.2, 0.25) is 0 Å². The molecule has 3 N–H and O–H groups in total. The molecule has 0 heterocycles. The van der Waals surface area contributed by atoms with E-state index in [4.69, 9.17) is 37.0 Å². The van der Waals surface area contributed by atoms with E-state index in [0.29, 0.717) is 25.7 Å². The van der Waals surface area contributed by atoms with Gasteiger partial charge in [-0.2, -0.15) is 0 Å². The molecule has 0 radical (unpaired) electrons. The van der Waals surface area contributed by atoms with Gasteiger partial charge < -0.3 is 33.8 Å². The Morgan fingerprint density at radius 3 is 0.686 bits per heavy atom. The molecule has 0 aliphatic rings. The Morgan fingerprint density at radius 1 is 0.279 bits per heavy atom. The van der Waals surface area contributed by atoms with Gasteiger partial charge in [0.25, 0.3) is 0 Å². The molecular formula is C67H130O17P2. The lowest BCUT2D eigenvalue weighted by Crippen LogP contribution is -2.30. The van der Waals surface area contributed by atoms with Crippen molar-refractivity contribution >= 4 is 39.5 Å². The minimum Gasteiger partial charge on any atom is -0.462 e. The Hall–Kier alpha value is -1.94. The third-order valence-electron chi connectivity index (χ3n) is 15.6. The highest BCUT2D eigenvalue weighted by atomic mass is 31.2. The lowest BCUT2D eigenvalue weighted by atomic mass is 10.0. The molecular weight excluding hydrogens is 1140 g/mol. The highest BCUT2D eigenvalue weighted by molar-refractivity contribution is 7.47. The van der Waals surface area contributed by atoms with Crippen molar-refractivity contribution in [2.75, 3.05) is 39.6 Å². The number of carbonyl (C=O) groups excluding carboxylic acids is 4. The number of esters is 4. The van der Waals surface area contributed by atoms with Crippen molar-refractivity contribution in [2.24, 2.45) is 0 Å². The van der Waals surface area contributed by atoms with Crippen molar-refractivity contribution < 1.29 is 80.2 Å². The summed E-state index contributed by atoms with van der Waals surface area (Å²) in [4.78, 5) is 72.2. The van der Waals surface area contributed by atoms with Gasteiger partial charge in [0.1, 0.15) is 19.3 Å². The van der Waals surface area contributed by atoms with Gasteiger partial charge in [0.15, 0.2) is 12.2 Å². The summed E-state index contributed by atoms with van der Waals surface area (Å²) in [6.07, 6.45) is 48.8. The third-order valence-corrected chi connectivity index (χ3v) is 17.5. The fourth-order valence-electron chi connectivity index (χ4n) is 10.2. The Bertz CT molecular complexity index is 1650. The second-order valence-electron chi connectivity index (χ2n) is 24.2. The van der Waals surface area contributed by atoms with E-state index < -0.39 is 97.5 Å². The van der Waals surface area contributed by atoms with Crippen molar-refractivity contribution in [2.45, 2.75) is 367 Å². The van der Waals surface area contributed by atoms with E-state index in [-0.39, 0.29) is 25.7 Å². The van der Waals surface area contributed by atoms with E-state index >= 15 is 0 Å². The molecule has 0 aromatic heterocycles. The molecule has 0 saturated carbocycles. The summed E-state index contributed by atoms with van der Waals surface area (Å²) in [7, 11) is -9.88. The van der Waals surface area contributed by atoms with Crippen LogP contribution in [0.5, 0.6) is 0 Å². The smallest absolute Gasteiger partial charge is 0.462 e. The first-order valence-corrected chi connectivity index (χ1v) is 38.3. The van der Waals surface area contributed by atoms with Gasteiger partial charge in [0.05, 0.1) is 26.4 Å².